The second-order valence-electron chi connectivity index (χ2n) is 7.05. The van der Waals surface area contributed by atoms with Crippen molar-refractivity contribution in [2.75, 3.05) is 26.2 Å². The summed E-state index contributed by atoms with van der Waals surface area (Å²) in [5.74, 6) is 0. The van der Waals surface area contributed by atoms with Crippen molar-refractivity contribution in [3.8, 4) is 0 Å². The van der Waals surface area contributed by atoms with Crippen LogP contribution in [0.5, 0.6) is 0 Å². The fraction of sp³-hybridized carbons (Fsp3) is 0.800. The van der Waals surface area contributed by atoms with Gasteiger partial charge in [0.05, 0.1) is 26.2 Å². The van der Waals surface area contributed by atoms with Crippen LogP contribution in [0.15, 0.2) is 21.9 Å². The molecule has 0 saturated heterocycles. The van der Waals surface area contributed by atoms with Crippen LogP contribution in [0, 0.1) is 0 Å². The molecule has 0 aliphatic heterocycles. The fourth-order valence-electron chi connectivity index (χ4n) is 3.05. The summed E-state index contributed by atoms with van der Waals surface area (Å²) in [7, 11) is 0. The zero-order valence-corrected chi connectivity index (χ0v) is 17.2. The number of halogens is 1. The van der Waals surface area contributed by atoms with E-state index in [4.69, 9.17) is 0 Å². The van der Waals surface area contributed by atoms with Crippen LogP contribution in [0.4, 0.5) is 4.48 Å². The normalized spacial score (nSPS) is 11.1. The molecule has 1 aromatic heterocycles. The molecule has 0 aromatic carbocycles. The van der Waals surface area contributed by atoms with Gasteiger partial charge in [-0.15, -0.1) is 0 Å². The number of hydrogen-bond donors (Lipinski definition) is 1. The number of unbranched alkanes of at least 4 members (excludes halogenated alkanes) is 4. The first-order chi connectivity index (χ1) is 12.5. The molecular formula is C20H39FN3O2+. The molecule has 26 heavy (non-hydrogen) atoms. The predicted octanol–water partition coefficient (Wildman–Crippen LogP) is 4.27. The van der Waals surface area contributed by atoms with Gasteiger partial charge >= 0.3 is 5.69 Å². The van der Waals surface area contributed by atoms with Crippen molar-refractivity contribution in [1.29, 1.82) is 0 Å². The van der Waals surface area contributed by atoms with Crippen molar-refractivity contribution in [2.45, 2.75) is 79.1 Å². The van der Waals surface area contributed by atoms with Gasteiger partial charge in [0, 0.05) is 12.3 Å². The molecule has 0 unspecified atom stereocenters. The van der Waals surface area contributed by atoms with Crippen LogP contribution in [0.1, 0.15) is 79.1 Å². The van der Waals surface area contributed by atoms with Crippen LogP contribution in [0.25, 0.3) is 0 Å². The van der Waals surface area contributed by atoms with E-state index in [1.54, 1.807) is 0 Å². The van der Waals surface area contributed by atoms with E-state index in [2.05, 4.69) is 27.7 Å². The molecule has 0 amide bonds. The second-order valence-corrected chi connectivity index (χ2v) is 7.05. The van der Waals surface area contributed by atoms with E-state index < -0.39 is 16.0 Å². The molecule has 0 atom stereocenters. The highest BCUT2D eigenvalue weighted by Crippen LogP contribution is 2.16. The first kappa shape index (κ1) is 24.6. The third-order valence-electron chi connectivity index (χ3n) is 4.75. The van der Waals surface area contributed by atoms with E-state index in [0.29, 0.717) is 0 Å². The van der Waals surface area contributed by atoms with Gasteiger partial charge in [-0.1, -0.05) is 62.6 Å². The summed E-state index contributed by atoms with van der Waals surface area (Å²) in [4.78, 5) is 21.9. The maximum Gasteiger partial charge on any atom is 0.357 e. The molecule has 0 spiro atoms. The maximum atomic E-state index is 12.0. The van der Waals surface area contributed by atoms with Crippen molar-refractivity contribution in [3.63, 3.8) is 0 Å². The van der Waals surface area contributed by atoms with Crippen LogP contribution >= 0.6 is 0 Å². The van der Waals surface area contributed by atoms with Crippen LogP contribution in [-0.2, 0) is 0 Å². The molecule has 1 rings (SSSR count). The number of hydrogen-bond acceptors (Lipinski definition) is 2. The summed E-state index contributed by atoms with van der Waals surface area (Å²) in [5, 5.41) is 0. The van der Waals surface area contributed by atoms with Crippen LogP contribution in [0.3, 0.4) is 0 Å². The van der Waals surface area contributed by atoms with Crippen molar-refractivity contribution in [2.24, 2.45) is 0 Å². The third kappa shape index (κ3) is 9.90. The Hall–Kier alpha value is -1.43. The molecule has 0 aliphatic rings. The Morgan fingerprint density at radius 2 is 1.23 bits per heavy atom. The molecule has 1 heterocycles. The number of H-pyrrole nitrogens is 1. The Morgan fingerprint density at radius 3 is 1.50 bits per heavy atom. The lowest BCUT2D eigenvalue weighted by atomic mass is 10.1. The minimum absolute atomic E-state index is 0.500. The van der Waals surface area contributed by atoms with Crippen LogP contribution in [-0.4, -0.2) is 40.4 Å². The molecule has 0 saturated carbocycles. The molecule has 152 valence electrons. The highest BCUT2D eigenvalue weighted by atomic mass is 19.2. The summed E-state index contributed by atoms with van der Waals surface area (Å²) >= 11 is 0. The van der Waals surface area contributed by atoms with E-state index in [1.165, 1.54) is 82.0 Å². The molecule has 1 aromatic rings. The Bertz CT molecular complexity index is 503. The zero-order chi connectivity index (χ0) is 19.8. The molecule has 0 fully saturated rings. The van der Waals surface area contributed by atoms with Gasteiger partial charge in [0.25, 0.3) is 5.56 Å². The summed E-state index contributed by atoms with van der Waals surface area (Å²) in [5.41, 5.74) is -2.01. The minimum atomic E-state index is -1.05. The van der Waals surface area contributed by atoms with Gasteiger partial charge in [0.1, 0.15) is 0 Å². The van der Waals surface area contributed by atoms with Gasteiger partial charge < -0.3 is 9.47 Å². The average Bonchev–Trinajstić information content (AvgIpc) is 2.65. The summed E-state index contributed by atoms with van der Waals surface area (Å²) in [6.07, 6.45) is 12.1. The molecule has 0 radical (unpaired) electrons. The average molecular weight is 373 g/mol. The number of nitrogens with one attached hydrogen (secondary N) is 1. The van der Waals surface area contributed by atoms with Gasteiger partial charge in [-0.2, -0.15) is 0 Å². The number of aromatic amines is 1. The number of nitrogens with zero attached hydrogens (tertiary/aromatic N) is 2. The second kappa shape index (κ2) is 14.7. The Labute approximate surface area is 157 Å². The number of quaternary nitrogens is 1. The minimum Gasteiger partial charge on any atom is -0.324 e. The molecule has 0 aliphatic carbocycles. The van der Waals surface area contributed by atoms with Crippen molar-refractivity contribution in [1.82, 2.24) is 9.77 Å². The van der Waals surface area contributed by atoms with Crippen LogP contribution < -0.4 is 11.2 Å². The Balaban J connectivity index is 0.000000577. The molecular weight excluding hydrogens is 333 g/mol. The van der Waals surface area contributed by atoms with Crippen molar-refractivity contribution >= 4 is 0 Å². The first-order valence-electron chi connectivity index (χ1n) is 10.3. The molecule has 5 nitrogen and oxygen atoms in total. The third-order valence-corrected chi connectivity index (χ3v) is 4.75. The van der Waals surface area contributed by atoms with Gasteiger partial charge in [-0.25, -0.2) is 4.79 Å². The van der Waals surface area contributed by atoms with Gasteiger partial charge in [0.2, 0.25) is 0 Å². The van der Waals surface area contributed by atoms with Crippen molar-refractivity contribution in [3.05, 3.63) is 33.1 Å². The van der Waals surface area contributed by atoms with Crippen LogP contribution in [0.2, 0.25) is 0 Å². The molecule has 0 bridgehead atoms. The standard InChI is InChI=1S/C16H36N.C4H3FN2O2/c1-5-9-13-17(14-10-6-2,15-11-7-3)16-12-8-4;5-7-3(8)1-2-6-4(7)9/h5-16H2,1-4H3;1-2H,(H,6,9)/q+1;. The van der Waals surface area contributed by atoms with Gasteiger partial charge in [0.15, 0.2) is 0 Å². The fourth-order valence-corrected chi connectivity index (χ4v) is 3.05. The summed E-state index contributed by atoms with van der Waals surface area (Å²) in [6.45, 7) is 15.0. The monoisotopic (exact) mass is 372 g/mol. The Kier molecular flexibility index (Phi) is 13.9. The van der Waals surface area contributed by atoms with Gasteiger partial charge in [-0.3, -0.25) is 4.79 Å². The molecule has 1 N–H and O–H groups in total. The highest BCUT2D eigenvalue weighted by Gasteiger charge is 2.24. The topological polar surface area (TPSA) is 54.9 Å². The lowest BCUT2D eigenvalue weighted by Gasteiger charge is -2.39. The predicted molar refractivity (Wildman–Crippen MR) is 107 cm³/mol. The number of aromatic nitrogens is 2. The largest absolute Gasteiger partial charge is 0.357 e. The quantitative estimate of drug-likeness (QED) is 0.557. The number of rotatable bonds is 12. The van der Waals surface area contributed by atoms with Gasteiger partial charge in [-0.05, 0) is 25.7 Å². The van der Waals surface area contributed by atoms with E-state index in [9.17, 15) is 14.1 Å². The van der Waals surface area contributed by atoms with E-state index in [0.717, 1.165) is 12.3 Å². The lowest BCUT2D eigenvalue weighted by Crippen LogP contribution is -2.50. The zero-order valence-electron chi connectivity index (χ0n) is 17.2. The lowest BCUT2D eigenvalue weighted by molar-refractivity contribution is -0.929. The first-order valence-corrected chi connectivity index (χ1v) is 10.3. The van der Waals surface area contributed by atoms with Crippen molar-refractivity contribution < 1.29 is 8.96 Å². The maximum absolute atomic E-state index is 12.0. The highest BCUT2D eigenvalue weighted by molar-refractivity contribution is 4.79. The SMILES string of the molecule is CCCC[N+](CCCC)(CCCC)CCCC.O=c1cc[nH]c(=O)n1F. The summed E-state index contributed by atoms with van der Waals surface area (Å²) in [6, 6.07) is 0.918. The smallest absolute Gasteiger partial charge is 0.324 e. The van der Waals surface area contributed by atoms with E-state index in [1.807, 2.05) is 4.98 Å². The Morgan fingerprint density at radius 1 is 0.846 bits per heavy atom. The van der Waals surface area contributed by atoms with E-state index in [-0.39, 0.29) is 0 Å². The van der Waals surface area contributed by atoms with E-state index >= 15 is 0 Å². The summed E-state index contributed by atoms with van der Waals surface area (Å²) < 4.78 is 13.4. The molecule has 6 heteroatoms.